The lowest BCUT2D eigenvalue weighted by Gasteiger charge is -2.63. The van der Waals surface area contributed by atoms with Crippen LogP contribution in [0.1, 0.15) is 31.5 Å². The fourth-order valence-electron chi connectivity index (χ4n) is 3.64. The number of nitrogens with one attached hydrogen (secondary N) is 2. The number of methoxy groups -OCH3 is 1. The Morgan fingerprint density at radius 1 is 1.56 bits per heavy atom. The van der Waals surface area contributed by atoms with E-state index in [0.29, 0.717) is 29.9 Å². The van der Waals surface area contributed by atoms with E-state index < -0.39 is 0 Å². The first-order chi connectivity index (χ1) is 8.65. The van der Waals surface area contributed by atoms with Crippen molar-refractivity contribution in [2.75, 3.05) is 14.2 Å². The highest BCUT2D eigenvalue weighted by Gasteiger charge is 2.59. The van der Waals surface area contributed by atoms with Crippen molar-refractivity contribution in [2.24, 2.45) is 5.41 Å². The summed E-state index contributed by atoms with van der Waals surface area (Å²) >= 11 is 0. The highest BCUT2D eigenvalue weighted by Crippen LogP contribution is 2.58. The zero-order valence-electron chi connectivity index (χ0n) is 10.9. The van der Waals surface area contributed by atoms with Crippen molar-refractivity contribution in [2.45, 2.75) is 44.4 Å². The van der Waals surface area contributed by atoms with Crippen LogP contribution in [0.25, 0.3) is 0 Å². The Balaban J connectivity index is 1.67. The van der Waals surface area contributed by atoms with Gasteiger partial charge in [0.15, 0.2) is 0 Å². The van der Waals surface area contributed by atoms with Gasteiger partial charge in [0.2, 0.25) is 0 Å². The minimum Gasteiger partial charge on any atom is -0.381 e. The van der Waals surface area contributed by atoms with Crippen LogP contribution >= 0.6 is 0 Å². The van der Waals surface area contributed by atoms with Crippen LogP contribution in [0.3, 0.4) is 0 Å². The van der Waals surface area contributed by atoms with Gasteiger partial charge in [0, 0.05) is 18.6 Å². The van der Waals surface area contributed by atoms with E-state index >= 15 is 0 Å². The summed E-state index contributed by atoms with van der Waals surface area (Å²) in [5, 5.41) is 6.37. The van der Waals surface area contributed by atoms with Gasteiger partial charge in [-0.2, -0.15) is 5.10 Å². The number of hydrogen-bond acceptors (Lipinski definition) is 4. The molecule has 100 valence electrons. The summed E-state index contributed by atoms with van der Waals surface area (Å²) in [5.74, 6) is 0.706. The Bertz CT molecular complexity index is 476. The molecule has 3 rings (SSSR count). The molecule has 0 bridgehead atoms. The van der Waals surface area contributed by atoms with Gasteiger partial charge in [-0.05, 0) is 26.3 Å². The maximum Gasteiger partial charge on any atom is 0.340 e. The third kappa shape index (κ3) is 1.63. The van der Waals surface area contributed by atoms with Gasteiger partial charge in [-0.15, -0.1) is 0 Å². The van der Waals surface area contributed by atoms with E-state index in [1.165, 1.54) is 19.3 Å². The fourth-order valence-corrected chi connectivity index (χ4v) is 3.64. The van der Waals surface area contributed by atoms with Crippen molar-refractivity contribution in [1.82, 2.24) is 20.1 Å². The fraction of sp³-hybridized carbons (Fsp3) is 0.833. The third-order valence-electron chi connectivity index (χ3n) is 4.79. The number of aromatic amines is 2. The number of hydrogen-bond donors (Lipinski definition) is 2. The molecule has 1 spiro atoms. The predicted molar refractivity (Wildman–Crippen MR) is 66.2 cm³/mol. The van der Waals surface area contributed by atoms with E-state index in [9.17, 15) is 4.79 Å². The van der Waals surface area contributed by atoms with E-state index in [4.69, 9.17) is 4.74 Å². The second-order valence-electron chi connectivity index (χ2n) is 5.60. The molecule has 0 radical (unpaired) electrons. The molecule has 18 heavy (non-hydrogen) atoms. The Morgan fingerprint density at radius 2 is 2.33 bits per heavy atom. The molecule has 0 aliphatic heterocycles. The van der Waals surface area contributed by atoms with Gasteiger partial charge in [-0.3, -0.25) is 9.88 Å². The van der Waals surface area contributed by atoms with E-state index in [1.807, 2.05) is 7.11 Å². The predicted octanol–water partition coefficient (Wildman–Crippen LogP) is 0.487. The number of rotatable bonds is 4. The number of nitrogens with zero attached hydrogens (tertiary/aromatic N) is 2. The molecule has 2 unspecified atom stereocenters. The van der Waals surface area contributed by atoms with Crippen molar-refractivity contribution < 1.29 is 4.74 Å². The lowest BCUT2D eigenvalue weighted by atomic mass is 9.50. The first-order valence-corrected chi connectivity index (χ1v) is 6.52. The highest BCUT2D eigenvalue weighted by molar-refractivity contribution is 5.12. The Kier molecular flexibility index (Phi) is 2.79. The lowest BCUT2D eigenvalue weighted by molar-refractivity contribution is -0.192. The molecule has 2 saturated carbocycles. The first kappa shape index (κ1) is 11.9. The van der Waals surface area contributed by atoms with Gasteiger partial charge in [-0.25, -0.2) is 9.89 Å². The quantitative estimate of drug-likeness (QED) is 0.817. The van der Waals surface area contributed by atoms with Crippen LogP contribution in [-0.4, -0.2) is 46.4 Å². The number of aromatic nitrogens is 3. The van der Waals surface area contributed by atoms with Crippen molar-refractivity contribution in [3.63, 3.8) is 0 Å². The summed E-state index contributed by atoms with van der Waals surface area (Å²) < 4.78 is 5.57. The summed E-state index contributed by atoms with van der Waals surface area (Å²) in [6, 6.07) is 0.552. The number of H-pyrrole nitrogens is 2. The van der Waals surface area contributed by atoms with Gasteiger partial charge in [-0.1, -0.05) is 6.42 Å². The Labute approximate surface area is 106 Å². The number of ether oxygens (including phenoxy) is 1. The molecule has 1 aromatic heterocycles. The SMILES string of the molecule is COC1CC(N(C)Cc2n[nH]c(=O)[nH]2)C12CCC2. The molecule has 0 saturated heterocycles. The normalized spacial score (nSPS) is 29.3. The second-order valence-corrected chi connectivity index (χ2v) is 5.60. The minimum atomic E-state index is -0.236. The van der Waals surface area contributed by atoms with Gasteiger partial charge in [0.25, 0.3) is 0 Å². The molecule has 2 N–H and O–H groups in total. The molecular formula is C12H20N4O2. The molecule has 0 aromatic carbocycles. The van der Waals surface area contributed by atoms with Crippen LogP contribution < -0.4 is 5.69 Å². The van der Waals surface area contributed by atoms with Crippen molar-refractivity contribution in [3.05, 3.63) is 16.3 Å². The monoisotopic (exact) mass is 252 g/mol. The van der Waals surface area contributed by atoms with E-state index in [-0.39, 0.29) is 5.69 Å². The zero-order chi connectivity index (χ0) is 12.8. The Hall–Kier alpha value is -1.14. The van der Waals surface area contributed by atoms with Crippen LogP contribution in [0.15, 0.2) is 4.79 Å². The van der Waals surface area contributed by atoms with Crippen LogP contribution in [0.2, 0.25) is 0 Å². The van der Waals surface area contributed by atoms with Crippen molar-refractivity contribution in [1.29, 1.82) is 0 Å². The zero-order valence-corrected chi connectivity index (χ0v) is 10.9. The van der Waals surface area contributed by atoms with Crippen molar-refractivity contribution in [3.8, 4) is 0 Å². The molecule has 6 nitrogen and oxygen atoms in total. The molecule has 0 amide bonds. The average molecular weight is 252 g/mol. The summed E-state index contributed by atoms with van der Waals surface area (Å²) in [6.07, 6.45) is 5.33. The van der Waals surface area contributed by atoms with Crippen LogP contribution in [-0.2, 0) is 11.3 Å². The van der Waals surface area contributed by atoms with Gasteiger partial charge >= 0.3 is 5.69 Å². The molecule has 2 atom stereocenters. The van der Waals surface area contributed by atoms with Gasteiger partial charge in [0.05, 0.1) is 12.6 Å². The van der Waals surface area contributed by atoms with Crippen LogP contribution in [0.4, 0.5) is 0 Å². The molecule has 2 aliphatic rings. The molecular weight excluding hydrogens is 232 g/mol. The molecule has 2 fully saturated rings. The van der Waals surface area contributed by atoms with E-state index in [1.54, 1.807) is 0 Å². The maximum absolute atomic E-state index is 11.0. The minimum absolute atomic E-state index is 0.236. The van der Waals surface area contributed by atoms with Gasteiger partial charge in [0.1, 0.15) is 5.82 Å². The topological polar surface area (TPSA) is 74.0 Å². The van der Waals surface area contributed by atoms with Crippen molar-refractivity contribution >= 4 is 0 Å². The molecule has 1 aromatic rings. The second kappa shape index (κ2) is 4.20. The largest absolute Gasteiger partial charge is 0.381 e. The molecule has 6 heteroatoms. The van der Waals surface area contributed by atoms with Crippen LogP contribution in [0, 0.1) is 5.41 Å². The maximum atomic E-state index is 11.0. The first-order valence-electron chi connectivity index (χ1n) is 6.52. The lowest BCUT2D eigenvalue weighted by Crippen LogP contribution is -2.66. The smallest absolute Gasteiger partial charge is 0.340 e. The standard InChI is InChI=1S/C12H20N4O2/c1-16(7-10-13-11(17)15-14-10)8-6-9(18-2)12(8)4-3-5-12/h8-9H,3-7H2,1-2H3,(H2,13,14,15,17). The molecule has 2 aliphatic carbocycles. The van der Waals surface area contributed by atoms with Gasteiger partial charge < -0.3 is 4.74 Å². The third-order valence-corrected chi connectivity index (χ3v) is 4.79. The summed E-state index contributed by atoms with van der Waals surface area (Å²) in [4.78, 5) is 16.0. The summed E-state index contributed by atoms with van der Waals surface area (Å²) in [7, 11) is 3.91. The summed E-state index contributed by atoms with van der Waals surface area (Å²) in [6.45, 7) is 0.682. The average Bonchev–Trinajstić information content (AvgIpc) is 2.60. The van der Waals surface area contributed by atoms with E-state index in [2.05, 4.69) is 27.1 Å². The Morgan fingerprint density at radius 3 is 2.83 bits per heavy atom. The summed E-state index contributed by atoms with van der Waals surface area (Å²) in [5.41, 5.74) is 0.125. The molecule has 1 heterocycles. The van der Waals surface area contributed by atoms with E-state index in [0.717, 1.165) is 6.42 Å². The highest BCUT2D eigenvalue weighted by atomic mass is 16.5. The van der Waals surface area contributed by atoms with Crippen LogP contribution in [0.5, 0.6) is 0 Å².